The van der Waals surface area contributed by atoms with Crippen LogP contribution in [0.1, 0.15) is 37.9 Å². The zero-order chi connectivity index (χ0) is 14.2. The molecule has 0 bridgehead atoms. The minimum atomic E-state index is -0.313. The predicted octanol–water partition coefficient (Wildman–Crippen LogP) is 1.86. The van der Waals surface area contributed by atoms with Crippen LogP contribution in [0.2, 0.25) is 0 Å². The second-order valence-electron chi connectivity index (χ2n) is 5.77. The average Bonchev–Trinajstić information content (AvgIpc) is 2.59. The number of hydrogen-bond acceptors (Lipinski definition) is 3. The van der Waals surface area contributed by atoms with Gasteiger partial charge in [0.05, 0.1) is 17.8 Å². The molecule has 0 amide bonds. The van der Waals surface area contributed by atoms with Gasteiger partial charge in [0.15, 0.2) is 0 Å². The molecule has 5 heteroatoms. The smallest absolute Gasteiger partial charge is 0.273 e. The van der Waals surface area contributed by atoms with Gasteiger partial charge in [0.1, 0.15) is 5.82 Å². The molecule has 0 unspecified atom stereocenters. The highest BCUT2D eigenvalue weighted by atomic mass is 16.2. The van der Waals surface area contributed by atoms with Crippen LogP contribution in [0.4, 0.5) is 0 Å². The van der Waals surface area contributed by atoms with Crippen molar-refractivity contribution >= 4 is 0 Å². The lowest BCUT2D eigenvalue weighted by Gasteiger charge is -2.16. The molecule has 0 saturated heterocycles. The Morgan fingerprint density at radius 1 is 1.26 bits per heavy atom. The predicted molar refractivity (Wildman–Crippen MR) is 74.3 cm³/mol. The molecule has 0 aliphatic heterocycles. The Hall–Kier alpha value is -1.91. The van der Waals surface area contributed by atoms with E-state index in [0.717, 1.165) is 11.3 Å². The summed E-state index contributed by atoms with van der Waals surface area (Å²) in [5.74, 6) is 0.713. The molecule has 0 saturated carbocycles. The number of hydrogen-bond donors (Lipinski definition) is 0. The van der Waals surface area contributed by atoms with E-state index in [1.165, 1.54) is 4.68 Å². The van der Waals surface area contributed by atoms with Gasteiger partial charge in [0.2, 0.25) is 0 Å². The van der Waals surface area contributed by atoms with Crippen LogP contribution in [-0.2, 0) is 12.1 Å². The first-order valence-corrected chi connectivity index (χ1v) is 6.38. The van der Waals surface area contributed by atoms with Crippen LogP contribution < -0.4 is 5.69 Å². The minimum absolute atomic E-state index is 0.0879. The molecular weight excluding hydrogens is 240 g/mol. The highest BCUT2D eigenvalue weighted by molar-refractivity contribution is 5.18. The number of rotatable bonds is 2. The quantitative estimate of drug-likeness (QED) is 0.828. The molecule has 19 heavy (non-hydrogen) atoms. The lowest BCUT2D eigenvalue weighted by molar-refractivity contribution is 0.340. The van der Waals surface area contributed by atoms with E-state index in [2.05, 4.69) is 10.1 Å². The molecule has 0 aliphatic rings. The summed E-state index contributed by atoms with van der Waals surface area (Å²) >= 11 is 0. The van der Waals surface area contributed by atoms with Crippen LogP contribution in [-0.4, -0.2) is 19.3 Å². The van der Waals surface area contributed by atoms with Crippen LogP contribution in [0.3, 0.4) is 0 Å². The third-order valence-corrected chi connectivity index (χ3v) is 3.11. The molecule has 0 fully saturated rings. The van der Waals surface area contributed by atoms with Gasteiger partial charge in [-0.25, -0.2) is 9.48 Å². The highest BCUT2D eigenvalue weighted by Crippen LogP contribution is 2.11. The fourth-order valence-electron chi connectivity index (χ4n) is 1.95. The van der Waals surface area contributed by atoms with Gasteiger partial charge in [-0.3, -0.25) is 9.55 Å². The SMILES string of the molecule is Cc1cccnc1Cn1c(C)nn(C(C)(C)C)c1=O. The Bertz CT molecular complexity index is 646. The molecule has 2 heterocycles. The highest BCUT2D eigenvalue weighted by Gasteiger charge is 2.21. The second kappa shape index (κ2) is 4.64. The topological polar surface area (TPSA) is 52.7 Å². The Morgan fingerprint density at radius 2 is 1.95 bits per heavy atom. The fraction of sp³-hybridized carbons (Fsp3) is 0.500. The van der Waals surface area contributed by atoms with E-state index in [4.69, 9.17) is 0 Å². The summed E-state index contributed by atoms with van der Waals surface area (Å²) in [6, 6.07) is 3.89. The Labute approximate surface area is 112 Å². The molecule has 2 aromatic rings. The van der Waals surface area contributed by atoms with Crippen LogP contribution in [0.15, 0.2) is 23.1 Å². The van der Waals surface area contributed by atoms with Crippen molar-refractivity contribution in [3.63, 3.8) is 0 Å². The Kier molecular flexibility index (Phi) is 3.30. The van der Waals surface area contributed by atoms with Crippen molar-refractivity contribution in [3.8, 4) is 0 Å². The van der Waals surface area contributed by atoms with Crippen molar-refractivity contribution in [3.05, 3.63) is 45.9 Å². The molecule has 102 valence electrons. The molecule has 2 rings (SSSR count). The van der Waals surface area contributed by atoms with E-state index in [0.29, 0.717) is 12.4 Å². The lowest BCUT2D eigenvalue weighted by Crippen LogP contribution is -2.36. The summed E-state index contributed by atoms with van der Waals surface area (Å²) in [6.07, 6.45) is 1.75. The van der Waals surface area contributed by atoms with Crippen molar-refractivity contribution in [2.24, 2.45) is 0 Å². The molecule has 0 aromatic carbocycles. The number of nitrogens with zero attached hydrogens (tertiary/aromatic N) is 4. The average molecular weight is 260 g/mol. The molecular formula is C14H20N4O. The zero-order valence-corrected chi connectivity index (χ0v) is 12.1. The Morgan fingerprint density at radius 3 is 2.47 bits per heavy atom. The van der Waals surface area contributed by atoms with Crippen LogP contribution >= 0.6 is 0 Å². The van der Waals surface area contributed by atoms with Gasteiger partial charge < -0.3 is 0 Å². The van der Waals surface area contributed by atoms with Crippen molar-refractivity contribution in [2.45, 2.75) is 46.7 Å². The summed E-state index contributed by atoms with van der Waals surface area (Å²) in [7, 11) is 0. The first-order valence-electron chi connectivity index (χ1n) is 6.38. The molecule has 0 atom stereocenters. The molecule has 0 radical (unpaired) electrons. The van der Waals surface area contributed by atoms with Crippen LogP contribution in [0, 0.1) is 13.8 Å². The van der Waals surface area contributed by atoms with E-state index >= 15 is 0 Å². The minimum Gasteiger partial charge on any atom is -0.273 e. The van der Waals surface area contributed by atoms with Gasteiger partial charge in [0, 0.05) is 6.20 Å². The summed E-state index contributed by atoms with van der Waals surface area (Å²) in [5, 5.41) is 4.35. The maximum atomic E-state index is 12.4. The largest absolute Gasteiger partial charge is 0.346 e. The third-order valence-electron chi connectivity index (χ3n) is 3.11. The first-order chi connectivity index (χ1) is 8.80. The third kappa shape index (κ3) is 2.59. The standard InChI is InChI=1S/C14H20N4O/c1-10-7-6-8-15-12(10)9-17-11(2)16-18(13(17)19)14(3,4)5/h6-8H,9H2,1-5H3. The fourth-order valence-corrected chi connectivity index (χ4v) is 1.95. The molecule has 0 N–H and O–H groups in total. The Balaban J connectivity index is 2.46. The number of aryl methyl sites for hydroxylation is 2. The maximum absolute atomic E-state index is 12.4. The van der Waals surface area contributed by atoms with Crippen molar-refractivity contribution in [1.82, 2.24) is 19.3 Å². The number of pyridine rings is 1. The molecule has 2 aromatic heterocycles. The second-order valence-corrected chi connectivity index (χ2v) is 5.77. The van der Waals surface area contributed by atoms with Crippen molar-refractivity contribution < 1.29 is 0 Å². The number of aromatic nitrogens is 4. The zero-order valence-electron chi connectivity index (χ0n) is 12.1. The normalized spacial score (nSPS) is 11.8. The van der Waals surface area contributed by atoms with Crippen LogP contribution in [0.25, 0.3) is 0 Å². The van der Waals surface area contributed by atoms with Crippen molar-refractivity contribution in [2.75, 3.05) is 0 Å². The molecule has 0 spiro atoms. The monoisotopic (exact) mass is 260 g/mol. The summed E-state index contributed by atoms with van der Waals surface area (Å²) in [6.45, 7) is 10.2. The van der Waals surface area contributed by atoms with E-state index in [1.807, 2.05) is 46.8 Å². The lowest BCUT2D eigenvalue weighted by atomic mass is 10.1. The van der Waals surface area contributed by atoms with Gasteiger partial charge in [-0.2, -0.15) is 5.10 Å². The summed E-state index contributed by atoms with van der Waals surface area (Å²) < 4.78 is 3.20. The van der Waals surface area contributed by atoms with E-state index < -0.39 is 0 Å². The first kappa shape index (κ1) is 13.5. The summed E-state index contributed by atoms with van der Waals surface area (Å²) in [5.41, 5.74) is 1.58. The van der Waals surface area contributed by atoms with Gasteiger partial charge in [-0.05, 0) is 46.2 Å². The van der Waals surface area contributed by atoms with E-state index in [-0.39, 0.29) is 11.2 Å². The molecule has 0 aliphatic carbocycles. The van der Waals surface area contributed by atoms with E-state index in [9.17, 15) is 4.79 Å². The van der Waals surface area contributed by atoms with Crippen molar-refractivity contribution in [1.29, 1.82) is 0 Å². The van der Waals surface area contributed by atoms with Crippen LogP contribution in [0.5, 0.6) is 0 Å². The van der Waals surface area contributed by atoms with Gasteiger partial charge >= 0.3 is 5.69 Å². The van der Waals surface area contributed by atoms with Gasteiger partial charge in [-0.15, -0.1) is 0 Å². The van der Waals surface area contributed by atoms with Gasteiger partial charge in [0.25, 0.3) is 0 Å². The molecule has 5 nitrogen and oxygen atoms in total. The van der Waals surface area contributed by atoms with E-state index in [1.54, 1.807) is 10.8 Å². The maximum Gasteiger partial charge on any atom is 0.346 e. The van der Waals surface area contributed by atoms with Gasteiger partial charge in [-0.1, -0.05) is 6.07 Å². The summed E-state index contributed by atoms with van der Waals surface area (Å²) in [4.78, 5) is 16.7.